The topological polar surface area (TPSA) is 12.0 Å². The Labute approximate surface area is 275 Å². The van der Waals surface area contributed by atoms with E-state index >= 15 is 0 Å². The zero-order chi connectivity index (χ0) is 30.8. The molecule has 0 radical (unpaired) electrons. The first-order chi connectivity index (χ1) is 22.5. The lowest BCUT2D eigenvalue weighted by Gasteiger charge is -2.54. The van der Waals surface area contributed by atoms with Gasteiger partial charge in [-0.15, -0.1) is 0 Å². The highest BCUT2D eigenvalue weighted by Gasteiger charge is 2.57. The van der Waals surface area contributed by atoms with Crippen molar-refractivity contribution in [2.45, 2.75) is 83.0 Å². The summed E-state index contributed by atoms with van der Waals surface area (Å²) in [7, 11) is 0. The van der Waals surface area contributed by atoms with Gasteiger partial charge in [0.25, 0.3) is 0 Å². The minimum Gasteiger partial charge on any atom is -0.354 e. The molecule has 1 heteroatoms. The van der Waals surface area contributed by atoms with E-state index < -0.39 is 0 Å². The Kier molecular flexibility index (Phi) is 5.82. The summed E-state index contributed by atoms with van der Waals surface area (Å²) in [5.74, 6) is 4.60. The van der Waals surface area contributed by atoms with Gasteiger partial charge in [-0.2, -0.15) is 0 Å². The first-order valence-corrected chi connectivity index (χ1v) is 18.4. The molecule has 2 spiro atoms. The van der Waals surface area contributed by atoms with Gasteiger partial charge in [-0.05, 0) is 132 Å². The van der Waals surface area contributed by atoms with Crippen molar-refractivity contribution < 1.29 is 0 Å². The van der Waals surface area contributed by atoms with Crippen molar-refractivity contribution in [3.63, 3.8) is 0 Å². The van der Waals surface area contributed by atoms with E-state index in [1.54, 1.807) is 16.7 Å². The number of hydrogen-bond acceptors (Lipinski definition) is 1. The monoisotopic (exact) mass is 601 g/mol. The van der Waals surface area contributed by atoms with E-state index in [1.165, 1.54) is 96.1 Å². The van der Waals surface area contributed by atoms with Crippen LogP contribution in [0.25, 0.3) is 22.3 Å². The van der Waals surface area contributed by atoms with Crippen LogP contribution in [-0.4, -0.2) is 0 Å². The number of anilines is 2. The average molecular weight is 602 g/mol. The molecule has 6 aliphatic rings. The lowest BCUT2D eigenvalue weighted by Crippen LogP contribution is -2.49. The molecule has 46 heavy (non-hydrogen) atoms. The first-order valence-electron chi connectivity index (χ1n) is 18.4. The van der Waals surface area contributed by atoms with Crippen LogP contribution in [0.3, 0.4) is 0 Å². The molecule has 6 aliphatic carbocycles. The van der Waals surface area contributed by atoms with Gasteiger partial charge in [-0.25, -0.2) is 0 Å². The summed E-state index contributed by atoms with van der Waals surface area (Å²) < 4.78 is 0. The molecule has 232 valence electrons. The smallest absolute Gasteiger partial charge is 0.0467 e. The van der Waals surface area contributed by atoms with Crippen LogP contribution in [0.4, 0.5) is 11.4 Å². The molecule has 10 rings (SSSR count). The molecule has 4 bridgehead atoms. The number of rotatable bonds is 2. The third kappa shape index (κ3) is 3.48. The highest BCUT2D eigenvalue weighted by Crippen LogP contribution is 2.66. The van der Waals surface area contributed by atoms with Gasteiger partial charge in [-0.1, -0.05) is 105 Å². The van der Waals surface area contributed by atoms with Gasteiger partial charge in [0.2, 0.25) is 0 Å². The van der Waals surface area contributed by atoms with Crippen molar-refractivity contribution in [2.75, 3.05) is 5.32 Å². The molecule has 0 aliphatic heterocycles. The first kappa shape index (κ1) is 27.5. The molecule has 0 heterocycles. The normalized spacial score (nSPS) is 34.5. The highest BCUT2D eigenvalue weighted by atomic mass is 14.9. The summed E-state index contributed by atoms with van der Waals surface area (Å²) >= 11 is 0. The van der Waals surface area contributed by atoms with Crippen LogP contribution in [0.1, 0.15) is 94.4 Å². The Morgan fingerprint density at radius 2 is 1.28 bits per heavy atom. The maximum atomic E-state index is 4.15. The van der Waals surface area contributed by atoms with Gasteiger partial charge >= 0.3 is 0 Å². The summed E-state index contributed by atoms with van der Waals surface area (Å²) in [4.78, 5) is 0. The molecule has 0 amide bonds. The Balaban J connectivity index is 1.15. The SMILES string of the molecule is CC1C=C2CC(CCC23c2ccccc2-c2c(Nc4cccc5c4-c4ccccc4C54C(C)CC5CC(C)CC4C5)cccc23)C1. The molecule has 3 fully saturated rings. The number of nitrogens with one attached hydrogen (secondary N) is 1. The van der Waals surface area contributed by atoms with Gasteiger partial charge in [0.15, 0.2) is 0 Å². The number of benzene rings is 4. The third-order valence-electron chi connectivity index (χ3n) is 13.9. The number of hydrogen-bond donors (Lipinski definition) is 1. The van der Waals surface area contributed by atoms with Crippen molar-refractivity contribution >= 4 is 11.4 Å². The van der Waals surface area contributed by atoms with Crippen LogP contribution in [0.15, 0.2) is 96.6 Å². The fourth-order valence-electron chi connectivity index (χ4n) is 12.7. The van der Waals surface area contributed by atoms with E-state index in [1.807, 2.05) is 0 Å². The van der Waals surface area contributed by atoms with E-state index in [2.05, 4.69) is 117 Å². The molecule has 1 nitrogen and oxygen atoms in total. The average Bonchev–Trinajstić information content (AvgIpc) is 3.52. The number of fused-ring (bicyclic) bond motifs is 16. The predicted molar refractivity (Wildman–Crippen MR) is 192 cm³/mol. The van der Waals surface area contributed by atoms with E-state index in [4.69, 9.17) is 0 Å². The van der Waals surface area contributed by atoms with Crippen molar-refractivity contribution in [3.05, 3.63) is 119 Å². The molecular formula is C45H47N. The minimum atomic E-state index is 0.0236. The Morgan fingerprint density at radius 3 is 2.09 bits per heavy atom. The highest BCUT2D eigenvalue weighted by molar-refractivity contribution is 5.97. The summed E-state index contributed by atoms with van der Waals surface area (Å²) in [5.41, 5.74) is 16.4. The lowest BCUT2D eigenvalue weighted by molar-refractivity contribution is 0.0426. The molecule has 1 N–H and O–H groups in total. The molecule has 8 unspecified atom stereocenters. The molecule has 3 saturated carbocycles. The van der Waals surface area contributed by atoms with Crippen molar-refractivity contribution in [1.29, 1.82) is 0 Å². The minimum absolute atomic E-state index is 0.0236. The van der Waals surface area contributed by atoms with Crippen LogP contribution in [-0.2, 0) is 10.8 Å². The second-order valence-corrected chi connectivity index (χ2v) is 16.5. The number of allylic oxidation sites excluding steroid dienone is 2. The van der Waals surface area contributed by atoms with E-state index in [9.17, 15) is 0 Å². The summed E-state index contributed by atoms with van der Waals surface area (Å²) in [5, 5.41) is 4.15. The van der Waals surface area contributed by atoms with E-state index in [0.29, 0.717) is 11.8 Å². The van der Waals surface area contributed by atoms with Gasteiger partial charge in [0.05, 0.1) is 0 Å². The van der Waals surface area contributed by atoms with E-state index in [0.717, 1.165) is 23.7 Å². The van der Waals surface area contributed by atoms with Gasteiger partial charge in [0.1, 0.15) is 0 Å². The second kappa shape index (κ2) is 9.72. The molecule has 0 aromatic heterocycles. The zero-order valence-corrected chi connectivity index (χ0v) is 27.8. The van der Waals surface area contributed by atoms with Gasteiger partial charge < -0.3 is 5.32 Å². The van der Waals surface area contributed by atoms with Gasteiger partial charge in [-0.3, -0.25) is 0 Å². The Bertz CT molecular complexity index is 1930. The van der Waals surface area contributed by atoms with E-state index in [-0.39, 0.29) is 10.8 Å². The summed E-state index contributed by atoms with van der Waals surface area (Å²) in [6, 6.07) is 33.2. The van der Waals surface area contributed by atoms with Gasteiger partial charge in [0, 0.05) is 33.3 Å². The lowest BCUT2D eigenvalue weighted by atomic mass is 9.49. The predicted octanol–water partition coefficient (Wildman–Crippen LogP) is 11.8. The molecular weight excluding hydrogens is 555 g/mol. The second-order valence-electron chi connectivity index (χ2n) is 16.5. The van der Waals surface area contributed by atoms with Crippen LogP contribution in [0.2, 0.25) is 0 Å². The fourth-order valence-corrected chi connectivity index (χ4v) is 12.7. The Hall–Kier alpha value is -3.58. The largest absolute Gasteiger partial charge is 0.354 e. The van der Waals surface area contributed by atoms with Crippen molar-refractivity contribution in [3.8, 4) is 22.3 Å². The molecule has 8 atom stereocenters. The maximum Gasteiger partial charge on any atom is 0.0467 e. The molecule has 0 saturated heterocycles. The quantitative estimate of drug-likeness (QED) is 0.225. The molecule has 4 aromatic rings. The summed E-state index contributed by atoms with van der Waals surface area (Å²) in [6.07, 6.45) is 13.4. The van der Waals surface area contributed by atoms with Crippen LogP contribution in [0.5, 0.6) is 0 Å². The fraction of sp³-hybridized carbons (Fsp3) is 0.422. The van der Waals surface area contributed by atoms with Crippen LogP contribution in [0, 0.1) is 35.5 Å². The standard InChI is InChI=1S/C45H47N/c1-27-20-30-18-19-44(32(22-27)25-30)36-12-6-4-10-34(36)42-38(44)14-8-16-40(42)46-41-17-9-15-39-43(41)35-11-5-7-13-37(35)45(39)29(3)24-31-21-28(2)23-33(45)26-31/h4-17,22,27-31,33,46H,18-21,23-26H2,1-3H3. The zero-order valence-electron chi connectivity index (χ0n) is 27.8. The summed E-state index contributed by atoms with van der Waals surface area (Å²) in [6.45, 7) is 7.53. The molecule has 4 aromatic carbocycles. The maximum absolute atomic E-state index is 4.15. The van der Waals surface area contributed by atoms with Crippen molar-refractivity contribution in [2.24, 2.45) is 35.5 Å². The van der Waals surface area contributed by atoms with Crippen LogP contribution >= 0.6 is 0 Å². The van der Waals surface area contributed by atoms with Crippen LogP contribution < -0.4 is 5.32 Å². The Morgan fingerprint density at radius 1 is 0.609 bits per heavy atom. The van der Waals surface area contributed by atoms with Crippen molar-refractivity contribution in [1.82, 2.24) is 0 Å². The third-order valence-corrected chi connectivity index (χ3v) is 13.9.